The van der Waals surface area contributed by atoms with Crippen molar-refractivity contribution in [3.05, 3.63) is 40.8 Å². The highest BCUT2D eigenvalue weighted by Crippen LogP contribution is 2.34. The van der Waals surface area contributed by atoms with Gasteiger partial charge >= 0.3 is 5.97 Å². The summed E-state index contributed by atoms with van der Waals surface area (Å²) in [4.78, 5) is 13.4. The third-order valence-electron chi connectivity index (χ3n) is 2.55. The van der Waals surface area contributed by atoms with Crippen molar-refractivity contribution < 1.29 is 9.53 Å². The van der Waals surface area contributed by atoms with E-state index in [9.17, 15) is 4.79 Å². The smallest absolute Gasteiger partial charge is 0.338 e. The Morgan fingerprint density at radius 3 is 2.71 bits per heavy atom. The molecule has 0 saturated heterocycles. The molecule has 0 aliphatic heterocycles. The fourth-order valence-electron chi connectivity index (χ4n) is 1.65. The Balaban J connectivity index is 2.49. The molecule has 4 heteroatoms. The second-order valence-electron chi connectivity index (χ2n) is 3.66. The highest BCUT2D eigenvalue weighted by atomic mass is 32.1. The van der Waals surface area contributed by atoms with Gasteiger partial charge < -0.3 is 10.5 Å². The van der Waals surface area contributed by atoms with E-state index in [-0.39, 0.29) is 5.97 Å². The fourth-order valence-corrected chi connectivity index (χ4v) is 2.70. The van der Waals surface area contributed by atoms with Crippen LogP contribution in [0.5, 0.6) is 0 Å². The molecule has 0 atom stereocenters. The third-order valence-corrected chi connectivity index (χ3v) is 3.63. The Kier molecular flexibility index (Phi) is 3.15. The molecule has 0 amide bonds. The lowest BCUT2D eigenvalue weighted by atomic mass is 10.1. The molecule has 0 unspecified atom stereocenters. The first kappa shape index (κ1) is 11.7. The van der Waals surface area contributed by atoms with Gasteiger partial charge in [-0.1, -0.05) is 18.2 Å². The van der Waals surface area contributed by atoms with E-state index in [1.165, 1.54) is 7.11 Å². The molecule has 0 fully saturated rings. The van der Waals surface area contributed by atoms with Crippen LogP contribution >= 0.6 is 11.3 Å². The fraction of sp³-hybridized carbons (Fsp3) is 0.154. The van der Waals surface area contributed by atoms with Crippen LogP contribution in [-0.4, -0.2) is 13.1 Å². The Labute approximate surface area is 104 Å². The molecule has 0 saturated carbocycles. The molecule has 3 nitrogen and oxygen atoms in total. The number of para-hydroxylation sites is 1. The molecule has 0 aliphatic carbocycles. The maximum absolute atomic E-state index is 11.5. The number of esters is 1. The number of hydrogen-bond donors (Lipinski definition) is 1. The van der Waals surface area contributed by atoms with Crippen molar-refractivity contribution >= 4 is 23.0 Å². The van der Waals surface area contributed by atoms with Crippen molar-refractivity contribution in [2.45, 2.75) is 6.92 Å². The minimum Gasteiger partial charge on any atom is -0.465 e. The third kappa shape index (κ3) is 2.17. The minimum atomic E-state index is -0.306. The van der Waals surface area contributed by atoms with E-state index >= 15 is 0 Å². The first-order chi connectivity index (χ1) is 8.13. The quantitative estimate of drug-likeness (QED) is 0.655. The summed E-state index contributed by atoms with van der Waals surface area (Å²) in [5.74, 6) is -0.306. The van der Waals surface area contributed by atoms with Gasteiger partial charge in [-0.2, -0.15) is 0 Å². The first-order valence-corrected chi connectivity index (χ1v) is 5.98. The van der Waals surface area contributed by atoms with Crippen LogP contribution < -0.4 is 5.73 Å². The zero-order chi connectivity index (χ0) is 12.4. The van der Waals surface area contributed by atoms with Crippen LogP contribution in [0.4, 0.5) is 5.69 Å². The summed E-state index contributed by atoms with van der Waals surface area (Å²) >= 11 is 1.54. The number of methoxy groups -OCH3 is 1. The number of thiophene rings is 1. The Morgan fingerprint density at radius 2 is 2.06 bits per heavy atom. The van der Waals surface area contributed by atoms with Gasteiger partial charge in [0.05, 0.1) is 12.7 Å². The molecular weight excluding hydrogens is 234 g/mol. The number of aryl methyl sites for hydroxylation is 1. The van der Waals surface area contributed by atoms with E-state index in [1.807, 2.05) is 37.3 Å². The zero-order valence-corrected chi connectivity index (χ0v) is 10.5. The molecule has 0 radical (unpaired) electrons. The molecule has 0 spiro atoms. The molecular formula is C13H13NO2S. The maximum atomic E-state index is 11.5. The molecule has 1 heterocycles. The summed E-state index contributed by atoms with van der Waals surface area (Å²) in [5, 5.41) is 0. The van der Waals surface area contributed by atoms with Crippen LogP contribution in [0.25, 0.3) is 10.4 Å². The Bertz CT molecular complexity index is 560. The van der Waals surface area contributed by atoms with Gasteiger partial charge in [0.1, 0.15) is 0 Å². The van der Waals surface area contributed by atoms with Crippen molar-refractivity contribution in [1.29, 1.82) is 0 Å². The molecule has 0 bridgehead atoms. The molecule has 17 heavy (non-hydrogen) atoms. The number of nitrogens with two attached hydrogens (primary N) is 1. The molecule has 2 aromatic rings. The number of carbonyl (C=O) groups excluding carboxylic acids is 1. The summed E-state index contributed by atoms with van der Waals surface area (Å²) < 4.78 is 4.73. The number of anilines is 1. The second-order valence-corrected chi connectivity index (χ2v) is 4.92. The number of ether oxygens (including phenoxy) is 1. The molecule has 1 aromatic carbocycles. The SMILES string of the molecule is COC(=O)c1cc(-c2ccccc2N)sc1C. The highest BCUT2D eigenvalue weighted by molar-refractivity contribution is 7.15. The molecule has 2 rings (SSSR count). The lowest BCUT2D eigenvalue weighted by Crippen LogP contribution is -2.00. The van der Waals surface area contributed by atoms with Crippen LogP contribution in [-0.2, 0) is 4.74 Å². The lowest BCUT2D eigenvalue weighted by Gasteiger charge is -2.01. The van der Waals surface area contributed by atoms with E-state index < -0.39 is 0 Å². The van der Waals surface area contributed by atoms with Crippen LogP contribution in [0, 0.1) is 6.92 Å². The summed E-state index contributed by atoms with van der Waals surface area (Å²) in [7, 11) is 1.38. The minimum absolute atomic E-state index is 0.306. The van der Waals surface area contributed by atoms with E-state index in [1.54, 1.807) is 11.3 Å². The van der Waals surface area contributed by atoms with E-state index in [0.29, 0.717) is 11.3 Å². The normalized spacial score (nSPS) is 10.2. The first-order valence-electron chi connectivity index (χ1n) is 5.17. The zero-order valence-electron chi connectivity index (χ0n) is 9.69. The largest absolute Gasteiger partial charge is 0.465 e. The molecule has 88 valence electrons. The second kappa shape index (κ2) is 4.59. The summed E-state index contributed by atoms with van der Waals surface area (Å²) in [5.41, 5.74) is 8.19. The van der Waals surface area contributed by atoms with Gasteiger partial charge in [-0.3, -0.25) is 0 Å². The highest BCUT2D eigenvalue weighted by Gasteiger charge is 2.15. The predicted molar refractivity (Wildman–Crippen MR) is 70.2 cm³/mol. The van der Waals surface area contributed by atoms with Crippen LogP contribution in [0.3, 0.4) is 0 Å². The van der Waals surface area contributed by atoms with Gasteiger partial charge in [-0.25, -0.2) is 4.79 Å². The summed E-state index contributed by atoms with van der Waals surface area (Å²) in [6.45, 7) is 1.90. The van der Waals surface area contributed by atoms with Gasteiger partial charge in [-0.05, 0) is 19.1 Å². The van der Waals surface area contributed by atoms with E-state index in [4.69, 9.17) is 10.5 Å². The maximum Gasteiger partial charge on any atom is 0.338 e. The van der Waals surface area contributed by atoms with E-state index in [0.717, 1.165) is 15.3 Å². The van der Waals surface area contributed by atoms with Gasteiger partial charge in [0.2, 0.25) is 0 Å². The Morgan fingerprint density at radius 1 is 1.35 bits per heavy atom. The molecule has 2 N–H and O–H groups in total. The van der Waals surface area contributed by atoms with Gasteiger partial charge in [0.25, 0.3) is 0 Å². The topological polar surface area (TPSA) is 52.3 Å². The molecule has 1 aromatic heterocycles. The van der Waals surface area contributed by atoms with Crippen LogP contribution in [0.1, 0.15) is 15.2 Å². The number of rotatable bonds is 2. The van der Waals surface area contributed by atoms with Gasteiger partial charge in [0, 0.05) is 21.0 Å². The van der Waals surface area contributed by atoms with Crippen molar-refractivity contribution in [2.75, 3.05) is 12.8 Å². The standard InChI is InChI=1S/C13H13NO2S/c1-8-10(13(15)16-2)7-12(17-8)9-5-3-4-6-11(9)14/h3-7H,14H2,1-2H3. The van der Waals surface area contributed by atoms with E-state index in [2.05, 4.69) is 0 Å². The van der Waals surface area contributed by atoms with Crippen LogP contribution in [0.2, 0.25) is 0 Å². The van der Waals surface area contributed by atoms with Crippen molar-refractivity contribution in [2.24, 2.45) is 0 Å². The average molecular weight is 247 g/mol. The number of hydrogen-bond acceptors (Lipinski definition) is 4. The monoisotopic (exact) mass is 247 g/mol. The predicted octanol–water partition coefficient (Wildman–Crippen LogP) is 3.09. The number of nitrogen functional groups attached to an aromatic ring is 1. The van der Waals surface area contributed by atoms with Gasteiger partial charge in [0.15, 0.2) is 0 Å². The number of carbonyl (C=O) groups is 1. The van der Waals surface area contributed by atoms with Crippen molar-refractivity contribution in [3.8, 4) is 10.4 Å². The summed E-state index contributed by atoms with van der Waals surface area (Å²) in [6.07, 6.45) is 0. The average Bonchev–Trinajstić information content (AvgIpc) is 2.71. The van der Waals surface area contributed by atoms with Crippen molar-refractivity contribution in [1.82, 2.24) is 0 Å². The van der Waals surface area contributed by atoms with Crippen molar-refractivity contribution in [3.63, 3.8) is 0 Å². The van der Waals surface area contributed by atoms with Crippen LogP contribution in [0.15, 0.2) is 30.3 Å². The number of benzene rings is 1. The Hall–Kier alpha value is -1.81. The van der Waals surface area contributed by atoms with Gasteiger partial charge in [-0.15, -0.1) is 11.3 Å². The summed E-state index contributed by atoms with van der Waals surface area (Å²) in [6, 6.07) is 9.44. The lowest BCUT2D eigenvalue weighted by molar-refractivity contribution is 0.0600. The molecule has 0 aliphatic rings.